The van der Waals surface area contributed by atoms with Gasteiger partial charge in [0.1, 0.15) is 11.2 Å². The van der Waals surface area contributed by atoms with Crippen LogP contribution in [0.4, 0.5) is 17.1 Å². The Morgan fingerprint density at radius 1 is 0.348 bits per heavy atom. The average Bonchev–Trinajstić information content (AvgIpc) is 3.45. The number of hydrogen-bond acceptors (Lipinski definition) is 3. The van der Waals surface area contributed by atoms with Crippen molar-refractivity contribution in [2.75, 3.05) is 10.7 Å². The summed E-state index contributed by atoms with van der Waals surface area (Å²) in [6, 6.07) is 91.0. The van der Waals surface area contributed by atoms with Crippen molar-refractivity contribution < 1.29 is 4.42 Å². The van der Waals surface area contributed by atoms with Crippen molar-refractivity contribution in [3.8, 4) is 44.5 Å². The van der Waals surface area contributed by atoms with E-state index in [9.17, 15) is 0 Å². The van der Waals surface area contributed by atoms with Crippen LogP contribution >= 0.6 is 11.8 Å². The molecule has 1 aromatic heterocycles. The lowest BCUT2D eigenvalue weighted by Gasteiger charge is -2.30. The van der Waals surface area contributed by atoms with Crippen LogP contribution < -0.4 is 4.90 Å². The highest BCUT2D eigenvalue weighted by molar-refractivity contribution is 7.99. The van der Waals surface area contributed by atoms with Crippen LogP contribution in [0.15, 0.2) is 258 Å². The van der Waals surface area contributed by atoms with Crippen molar-refractivity contribution in [3.63, 3.8) is 0 Å². The lowest BCUT2D eigenvalue weighted by molar-refractivity contribution is 0.663. The van der Waals surface area contributed by atoms with E-state index in [-0.39, 0.29) is 0 Å². The summed E-state index contributed by atoms with van der Waals surface area (Å²) in [5.41, 5.74) is 16.1. The number of anilines is 3. The highest BCUT2D eigenvalue weighted by atomic mass is 32.2. The normalized spacial score (nSPS) is 12.2. The number of aryl methyl sites for hydroxylation is 1. The summed E-state index contributed by atoms with van der Waals surface area (Å²) < 4.78 is 6.91. The molecule has 2 heterocycles. The maximum Gasteiger partial charge on any atom is 0.135 e. The molecule has 0 saturated carbocycles. The Morgan fingerprint density at radius 2 is 0.884 bits per heavy atom. The third kappa shape index (κ3) is 7.22. The molecule has 0 radical (unpaired) electrons. The molecule has 0 N–H and O–H groups in total. The van der Waals surface area contributed by atoms with Gasteiger partial charge in [-0.1, -0.05) is 194 Å². The lowest BCUT2D eigenvalue weighted by Crippen LogP contribution is -2.12. The second kappa shape index (κ2) is 17.4. The number of thioether (sulfide) groups is 1. The third-order valence-electron chi connectivity index (χ3n) is 13.8. The topological polar surface area (TPSA) is 16.4 Å². The first-order valence-corrected chi connectivity index (χ1v) is 24.7. The fraction of sp³-hybridized carbons (Fsp3) is 0.0303. The molecular weight excluding hydrogens is 855 g/mol. The fourth-order valence-corrected chi connectivity index (χ4v) is 11.7. The van der Waals surface area contributed by atoms with Crippen LogP contribution in [0.1, 0.15) is 5.56 Å². The number of benzene rings is 11. The zero-order valence-electron chi connectivity index (χ0n) is 37.8. The second-order valence-electron chi connectivity index (χ2n) is 17.8. The minimum Gasteiger partial charge on any atom is -0.456 e. The molecule has 69 heavy (non-hydrogen) atoms. The van der Waals surface area contributed by atoms with Gasteiger partial charge in [-0.15, -0.1) is 11.8 Å². The molecule has 0 unspecified atom stereocenters. The van der Waals surface area contributed by atoms with Gasteiger partial charge in [-0.25, -0.2) is 0 Å². The third-order valence-corrected chi connectivity index (χ3v) is 14.9. The van der Waals surface area contributed by atoms with Gasteiger partial charge in [-0.3, -0.25) is 0 Å². The van der Waals surface area contributed by atoms with Gasteiger partial charge in [0.15, 0.2) is 0 Å². The Hall–Kier alpha value is -8.37. The van der Waals surface area contributed by atoms with Gasteiger partial charge in [0, 0.05) is 38.1 Å². The van der Waals surface area contributed by atoms with Crippen molar-refractivity contribution in [1.29, 1.82) is 0 Å². The summed E-state index contributed by atoms with van der Waals surface area (Å²) in [6.07, 6.45) is 0.977. The van der Waals surface area contributed by atoms with E-state index in [0.29, 0.717) is 0 Å². The van der Waals surface area contributed by atoms with Gasteiger partial charge in [-0.2, -0.15) is 0 Å². The van der Waals surface area contributed by atoms with Crippen LogP contribution in [0.5, 0.6) is 0 Å². The predicted octanol–water partition coefficient (Wildman–Crippen LogP) is 19.0. The van der Waals surface area contributed by atoms with Crippen LogP contribution in [0.3, 0.4) is 0 Å². The summed E-state index contributed by atoms with van der Waals surface area (Å²) in [7, 11) is 0. The Labute approximate surface area is 406 Å². The average molecular weight is 900 g/mol. The molecule has 0 spiro atoms. The highest BCUT2D eigenvalue weighted by Gasteiger charge is 2.23. The lowest BCUT2D eigenvalue weighted by atomic mass is 9.86. The SMILES string of the molecule is c1ccc(-c2ccccc2N(c2ccc3cc4c(cc3c2)-c2ccccc2-c2ccccc2SCCc2ccccc2-4)c2cccc3c4ccccc4oc4ccccc4c4ccccc4c23)cc1. The molecule has 11 aromatic carbocycles. The van der Waals surface area contributed by atoms with E-state index in [1.165, 1.54) is 54.6 Å². The van der Waals surface area contributed by atoms with Crippen LogP contribution in [0.25, 0.3) is 98.8 Å². The van der Waals surface area contributed by atoms with Crippen molar-refractivity contribution in [3.05, 3.63) is 254 Å². The van der Waals surface area contributed by atoms with Gasteiger partial charge >= 0.3 is 0 Å². The molecule has 0 aliphatic carbocycles. The molecule has 0 amide bonds. The molecule has 0 fully saturated rings. The van der Waals surface area contributed by atoms with Crippen molar-refractivity contribution >= 4 is 83.1 Å². The predicted molar refractivity (Wildman–Crippen MR) is 295 cm³/mol. The molecule has 0 bridgehead atoms. The number of fused-ring (bicyclic) bond motifs is 15. The first kappa shape index (κ1) is 40.9. The summed E-state index contributed by atoms with van der Waals surface area (Å²) in [4.78, 5) is 3.81. The zero-order chi connectivity index (χ0) is 45.7. The Bertz CT molecular complexity index is 4020. The Kier molecular flexibility index (Phi) is 10.3. The largest absolute Gasteiger partial charge is 0.456 e. The molecule has 3 heteroatoms. The number of rotatable bonds is 4. The van der Waals surface area contributed by atoms with E-state index >= 15 is 0 Å². The van der Waals surface area contributed by atoms with Gasteiger partial charge in [0.05, 0.1) is 11.4 Å². The highest BCUT2D eigenvalue weighted by Crippen LogP contribution is 2.49. The summed E-state index contributed by atoms with van der Waals surface area (Å²) >= 11 is 1.95. The standard InChI is InChI=1S/C66H45NOS/c1-2-19-44(20-3-1)50-23-10-14-32-61(50)67(62-33-18-31-58-55-28-12-16-35-64(55)68-63-34-15-11-27-54(63)53-26-8-9-30-57(53)66(58)62)48-38-37-46-42-59-49-22-5-4-21-45(49)39-40-69-65-36-17-13-29-56(65)51-24-6-7-25-52(51)60(59)43-47(46)41-48/h1-38,41-43H,39-40H2. The van der Waals surface area contributed by atoms with Crippen LogP contribution in [-0.4, -0.2) is 5.75 Å². The van der Waals surface area contributed by atoms with E-state index < -0.39 is 0 Å². The molecule has 1 aliphatic rings. The molecule has 13 rings (SSSR count). The Morgan fingerprint density at radius 3 is 1.68 bits per heavy atom. The molecule has 0 atom stereocenters. The van der Waals surface area contributed by atoms with E-state index in [4.69, 9.17) is 4.42 Å². The van der Waals surface area contributed by atoms with E-state index in [1.54, 1.807) is 0 Å². The summed E-state index contributed by atoms with van der Waals surface area (Å²) in [5.74, 6) is 1.00. The van der Waals surface area contributed by atoms with Gasteiger partial charge in [0.2, 0.25) is 0 Å². The van der Waals surface area contributed by atoms with Crippen molar-refractivity contribution in [1.82, 2.24) is 0 Å². The second-order valence-corrected chi connectivity index (χ2v) is 18.9. The maximum atomic E-state index is 6.91. The number of nitrogens with zero attached hydrogens (tertiary/aromatic N) is 1. The smallest absolute Gasteiger partial charge is 0.135 e. The molecule has 0 saturated heterocycles. The van der Waals surface area contributed by atoms with Gasteiger partial charge in [0.25, 0.3) is 0 Å². The van der Waals surface area contributed by atoms with Crippen LogP contribution in [0.2, 0.25) is 0 Å². The van der Waals surface area contributed by atoms with E-state index in [0.717, 1.165) is 83.8 Å². The van der Waals surface area contributed by atoms with E-state index in [2.05, 4.69) is 254 Å². The minimum atomic E-state index is 0.819. The first-order chi connectivity index (χ1) is 34.2. The fourth-order valence-electron chi connectivity index (χ4n) is 10.7. The minimum absolute atomic E-state index is 0.819. The molecule has 326 valence electrons. The van der Waals surface area contributed by atoms with Crippen LogP contribution in [0, 0.1) is 0 Å². The zero-order valence-corrected chi connectivity index (χ0v) is 38.7. The summed E-state index contributed by atoms with van der Waals surface area (Å²) in [5, 5.41) is 8.93. The summed E-state index contributed by atoms with van der Waals surface area (Å²) in [6.45, 7) is 0. The van der Waals surface area contributed by atoms with Crippen LogP contribution in [-0.2, 0) is 6.42 Å². The van der Waals surface area contributed by atoms with Crippen molar-refractivity contribution in [2.45, 2.75) is 11.3 Å². The van der Waals surface area contributed by atoms with Crippen molar-refractivity contribution in [2.24, 2.45) is 0 Å². The Balaban J connectivity index is 1.15. The molecular formula is C66H45NOS. The number of para-hydroxylation sites is 3. The quantitative estimate of drug-likeness (QED) is 0.175. The maximum absolute atomic E-state index is 6.91. The monoisotopic (exact) mass is 899 g/mol. The molecule has 2 nitrogen and oxygen atoms in total. The first-order valence-electron chi connectivity index (χ1n) is 23.8. The van der Waals surface area contributed by atoms with Gasteiger partial charge in [-0.05, 0) is 132 Å². The van der Waals surface area contributed by atoms with Gasteiger partial charge < -0.3 is 9.32 Å². The molecule has 1 aliphatic heterocycles. The molecule has 12 aromatic rings. The van der Waals surface area contributed by atoms with E-state index in [1.807, 2.05) is 11.8 Å². The number of hydrogen-bond donors (Lipinski definition) is 0.